The number of nitrogens with zero attached hydrogens (tertiary/aromatic N) is 4. The topological polar surface area (TPSA) is 52.7 Å². The molecular formula is C22H22N4O. The number of benzene rings is 2. The molecule has 0 aliphatic heterocycles. The molecule has 2 aromatic carbocycles. The molecule has 2 heterocycles. The van der Waals surface area contributed by atoms with Gasteiger partial charge in [0, 0.05) is 0 Å². The summed E-state index contributed by atoms with van der Waals surface area (Å²) in [4.78, 5) is 17.5. The van der Waals surface area contributed by atoms with Crippen molar-refractivity contribution in [3.63, 3.8) is 0 Å². The van der Waals surface area contributed by atoms with E-state index in [9.17, 15) is 4.79 Å². The average molecular weight is 358 g/mol. The van der Waals surface area contributed by atoms with Crippen molar-refractivity contribution in [2.45, 2.75) is 34.2 Å². The molecular weight excluding hydrogens is 336 g/mol. The first-order valence-electron chi connectivity index (χ1n) is 9.00. The Morgan fingerprint density at radius 1 is 0.852 bits per heavy atom. The van der Waals surface area contributed by atoms with Gasteiger partial charge in [0.1, 0.15) is 11.7 Å². The molecule has 0 saturated heterocycles. The number of hydrogen-bond acceptors (Lipinski definition) is 3. The fourth-order valence-electron chi connectivity index (χ4n) is 3.68. The van der Waals surface area contributed by atoms with Crippen LogP contribution in [0.2, 0.25) is 0 Å². The summed E-state index contributed by atoms with van der Waals surface area (Å²) in [5.41, 5.74) is 7.20. The van der Waals surface area contributed by atoms with Gasteiger partial charge in [-0.1, -0.05) is 35.4 Å². The molecule has 136 valence electrons. The molecule has 0 fully saturated rings. The van der Waals surface area contributed by atoms with E-state index in [0.717, 1.165) is 22.4 Å². The summed E-state index contributed by atoms with van der Waals surface area (Å²) in [6, 6.07) is 12.5. The van der Waals surface area contributed by atoms with E-state index >= 15 is 0 Å². The molecule has 0 unspecified atom stereocenters. The Balaban J connectivity index is 1.79. The van der Waals surface area contributed by atoms with E-state index < -0.39 is 0 Å². The predicted molar refractivity (Wildman–Crippen MR) is 108 cm³/mol. The van der Waals surface area contributed by atoms with Crippen molar-refractivity contribution < 1.29 is 0 Å². The first-order valence-corrected chi connectivity index (χ1v) is 9.00. The average Bonchev–Trinajstić information content (AvgIpc) is 3.00. The van der Waals surface area contributed by atoms with Gasteiger partial charge in [-0.15, -0.1) is 0 Å². The van der Waals surface area contributed by atoms with E-state index in [-0.39, 0.29) is 5.56 Å². The molecule has 0 amide bonds. The second kappa shape index (κ2) is 6.50. The van der Waals surface area contributed by atoms with Crippen LogP contribution in [0.1, 0.15) is 27.8 Å². The van der Waals surface area contributed by atoms with Gasteiger partial charge in [-0.05, 0) is 56.5 Å². The van der Waals surface area contributed by atoms with E-state index in [0.29, 0.717) is 17.6 Å². The van der Waals surface area contributed by atoms with Crippen LogP contribution in [0.4, 0.5) is 0 Å². The van der Waals surface area contributed by atoms with E-state index in [2.05, 4.69) is 48.2 Å². The summed E-state index contributed by atoms with van der Waals surface area (Å²) in [5, 5.41) is 4.95. The zero-order valence-electron chi connectivity index (χ0n) is 16.0. The highest BCUT2D eigenvalue weighted by atomic mass is 16.1. The molecule has 4 aromatic rings. The van der Waals surface area contributed by atoms with Gasteiger partial charge in [0.15, 0.2) is 5.65 Å². The minimum Gasteiger partial charge on any atom is -0.294 e. The van der Waals surface area contributed by atoms with Crippen LogP contribution in [0, 0.1) is 27.7 Å². The van der Waals surface area contributed by atoms with Gasteiger partial charge in [-0.2, -0.15) is 5.10 Å². The number of aromatic nitrogens is 4. The zero-order chi connectivity index (χ0) is 19.1. The summed E-state index contributed by atoms with van der Waals surface area (Å²) in [6.07, 6.45) is 3.23. The van der Waals surface area contributed by atoms with Crippen LogP contribution < -0.4 is 5.56 Å². The van der Waals surface area contributed by atoms with Crippen molar-refractivity contribution in [3.05, 3.63) is 87.1 Å². The fourth-order valence-corrected chi connectivity index (χ4v) is 3.68. The van der Waals surface area contributed by atoms with E-state index in [4.69, 9.17) is 0 Å². The molecule has 27 heavy (non-hydrogen) atoms. The van der Waals surface area contributed by atoms with Crippen molar-refractivity contribution in [3.8, 4) is 5.69 Å². The lowest BCUT2D eigenvalue weighted by Crippen LogP contribution is -2.21. The second-order valence-corrected chi connectivity index (χ2v) is 7.31. The van der Waals surface area contributed by atoms with Crippen molar-refractivity contribution in [1.82, 2.24) is 19.3 Å². The van der Waals surface area contributed by atoms with Crippen LogP contribution in [0.15, 0.2) is 53.7 Å². The van der Waals surface area contributed by atoms with Crippen LogP contribution in [0.3, 0.4) is 0 Å². The van der Waals surface area contributed by atoms with Crippen LogP contribution in [-0.2, 0) is 6.54 Å². The lowest BCUT2D eigenvalue weighted by Gasteiger charge is -2.09. The molecule has 2 aromatic heterocycles. The van der Waals surface area contributed by atoms with Crippen LogP contribution in [0.5, 0.6) is 0 Å². The van der Waals surface area contributed by atoms with Gasteiger partial charge < -0.3 is 0 Å². The summed E-state index contributed by atoms with van der Waals surface area (Å²) < 4.78 is 3.38. The quantitative estimate of drug-likeness (QED) is 0.559. The molecule has 0 radical (unpaired) electrons. The molecule has 5 heteroatoms. The number of aryl methyl sites for hydroxylation is 4. The first-order chi connectivity index (χ1) is 12.9. The molecule has 0 bridgehead atoms. The number of rotatable bonds is 3. The standard InChI is InChI=1S/C22H22N4O/c1-14-5-15(2)8-18(7-14)12-25-13-23-21-20(22(25)27)11-24-26(21)19-9-16(3)6-17(4)10-19/h5-11,13H,12H2,1-4H3. The normalized spacial score (nSPS) is 11.3. The van der Waals surface area contributed by atoms with Crippen molar-refractivity contribution in [1.29, 1.82) is 0 Å². The van der Waals surface area contributed by atoms with Gasteiger partial charge in [0.25, 0.3) is 5.56 Å². The third kappa shape index (κ3) is 3.28. The molecule has 0 aliphatic rings. The molecule has 5 nitrogen and oxygen atoms in total. The Morgan fingerprint density at radius 3 is 2.07 bits per heavy atom. The van der Waals surface area contributed by atoms with Crippen LogP contribution in [-0.4, -0.2) is 19.3 Å². The number of hydrogen-bond donors (Lipinski definition) is 0. The Bertz CT molecular complexity index is 1180. The molecule has 0 N–H and O–H groups in total. The molecule has 0 aliphatic carbocycles. The van der Waals surface area contributed by atoms with E-state index in [1.54, 1.807) is 21.8 Å². The van der Waals surface area contributed by atoms with Gasteiger partial charge in [0.2, 0.25) is 0 Å². The molecule has 4 rings (SSSR count). The molecule has 0 spiro atoms. The zero-order valence-corrected chi connectivity index (χ0v) is 16.0. The summed E-state index contributed by atoms with van der Waals surface area (Å²) >= 11 is 0. The highest BCUT2D eigenvalue weighted by Crippen LogP contribution is 2.17. The Hall–Kier alpha value is -3.21. The third-order valence-electron chi connectivity index (χ3n) is 4.64. The number of fused-ring (bicyclic) bond motifs is 1. The smallest absolute Gasteiger partial charge is 0.264 e. The van der Waals surface area contributed by atoms with E-state index in [1.165, 1.54) is 11.1 Å². The van der Waals surface area contributed by atoms with Crippen LogP contribution >= 0.6 is 0 Å². The highest BCUT2D eigenvalue weighted by Gasteiger charge is 2.12. The fraction of sp³-hybridized carbons (Fsp3) is 0.227. The SMILES string of the molecule is Cc1cc(C)cc(Cn2cnc3c(cnn3-c3cc(C)cc(C)c3)c2=O)c1. The van der Waals surface area contributed by atoms with Crippen LogP contribution in [0.25, 0.3) is 16.7 Å². The monoisotopic (exact) mass is 358 g/mol. The molecule has 0 saturated carbocycles. The van der Waals surface area contributed by atoms with Crippen molar-refractivity contribution >= 4 is 11.0 Å². The summed E-state index contributed by atoms with van der Waals surface area (Å²) in [5.74, 6) is 0. The largest absolute Gasteiger partial charge is 0.294 e. The minimum atomic E-state index is -0.0743. The minimum absolute atomic E-state index is 0.0743. The predicted octanol–water partition coefficient (Wildman–Crippen LogP) is 3.86. The maximum absolute atomic E-state index is 13.0. The van der Waals surface area contributed by atoms with Gasteiger partial charge in [0.05, 0.1) is 18.4 Å². The van der Waals surface area contributed by atoms with Crippen molar-refractivity contribution in [2.24, 2.45) is 0 Å². The third-order valence-corrected chi connectivity index (χ3v) is 4.64. The van der Waals surface area contributed by atoms with E-state index in [1.807, 2.05) is 26.0 Å². The second-order valence-electron chi connectivity index (χ2n) is 7.31. The summed E-state index contributed by atoms with van der Waals surface area (Å²) in [6.45, 7) is 8.72. The van der Waals surface area contributed by atoms with Gasteiger partial charge >= 0.3 is 0 Å². The first kappa shape index (κ1) is 17.2. The lowest BCUT2D eigenvalue weighted by molar-refractivity contribution is 0.744. The Labute approximate surface area is 157 Å². The maximum atomic E-state index is 13.0. The Kier molecular flexibility index (Phi) is 4.15. The molecule has 0 atom stereocenters. The Morgan fingerprint density at radius 2 is 1.44 bits per heavy atom. The summed E-state index contributed by atoms with van der Waals surface area (Å²) in [7, 11) is 0. The highest BCUT2D eigenvalue weighted by molar-refractivity contribution is 5.75. The maximum Gasteiger partial charge on any atom is 0.264 e. The van der Waals surface area contributed by atoms with Crippen molar-refractivity contribution in [2.75, 3.05) is 0 Å². The lowest BCUT2D eigenvalue weighted by atomic mass is 10.1. The van der Waals surface area contributed by atoms with Gasteiger partial charge in [-0.25, -0.2) is 9.67 Å². The van der Waals surface area contributed by atoms with Gasteiger partial charge in [-0.3, -0.25) is 9.36 Å².